The van der Waals surface area contributed by atoms with Crippen LogP contribution in [0.15, 0.2) is 77.0 Å². The highest BCUT2D eigenvalue weighted by molar-refractivity contribution is 6.36. The predicted molar refractivity (Wildman–Crippen MR) is 177 cm³/mol. The van der Waals surface area contributed by atoms with Gasteiger partial charge in [-0.05, 0) is 55.6 Å². The van der Waals surface area contributed by atoms with Crippen molar-refractivity contribution in [2.45, 2.75) is 43.8 Å². The molecule has 0 aromatic heterocycles. The fourth-order valence-corrected chi connectivity index (χ4v) is 7.52. The second-order valence-electron chi connectivity index (χ2n) is 12.5. The molecule has 1 amide bonds. The zero-order valence-electron chi connectivity index (χ0n) is 26.4. The van der Waals surface area contributed by atoms with Crippen LogP contribution in [0, 0.1) is 34.4 Å². The Labute approximate surface area is 282 Å². The van der Waals surface area contributed by atoms with E-state index in [-0.39, 0.29) is 55.0 Å². The normalized spacial score (nSPS) is 24.4. The number of aliphatic imine (C=N–C) groups is 1. The number of halogens is 4. The Morgan fingerprint density at radius 3 is 2.65 bits per heavy atom. The van der Waals surface area contributed by atoms with Crippen LogP contribution in [0.3, 0.4) is 0 Å². The number of nitriles is 2. The minimum Gasteiger partial charge on any atom is -0.476 e. The van der Waals surface area contributed by atoms with Gasteiger partial charge in [-0.15, -0.1) is 0 Å². The highest BCUT2D eigenvalue weighted by Gasteiger charge is 2.42. The maximum Gasteiger partial charge on any atom is 0.282 e. The van der Waals surface area contributed by atoms with E-state index in [1.807, 2.05) is 11.9 Å². The molecule has 48 heavy (non-hydrogen) atoms. The molecular weight excluding hydrogens is 641 g/mol. The van der Waals surface area contributed by atoms with Gasteiger partial charge in [0, 0.05) is 53.8 Å². The number of carbonyl (C=O) groups is 1. The molecule has 3 aliphatic heterocycles. The quantitative estimate of drug-likeness (QED) is 0.313. The Morgan fingerprint density at radius 2 is 1.94 bits per heavy atom. The number of hydrogen-bond acceptors (Lipinski definition) is 7. The molecule has 248 valence electrons. The van der Waals surface area contributed by atoms with Gasteiger partial charge >= 0.3 is 0 Å². The van der Waals surface area contributed by atoms with Crippen molar-refractivity contribution in [3.63, 3.8) is 0 Å². The van der Waals surface area contributed by atoms with E-state index < -0.39 is 41.4 Å². The summed E-state index contributed by atoms with van der Waals surface area (Å²) in [6.45, 7) is 4.88. The Balaban J connectivity index is 1.45. The Bertz CT molecular complexity index is 1870. The summed E-state index contributed by atoms with van der Waals surface area (Å²) in [4.78, 5) is 23.0. The number of hydrogen-bond donors (Lipinski definition) is 0. The van der Waals surface area contributed by atoms with Crippen LogP contribution in [0.4, 0.5) is 13.2 Å². The third-order valence-corrected chi connectivity index (χ3v) is 10.0. The maximum atomic E-state index is 16.4. The van der Waals surface area contributed by atoms with Crippen LogP contribution in [0.25, 0.3) is 16.3 Å². The zero-order valence-corrected chi connectivity index (χ0v) is 27.2. The SMILES string of the molecule is C=C(F)C(=O)N1CCN(C2=C(CC#N)C(OC[C@@H]3CCCN3C)=NC3C=C(c4cccc5ccc(F)c(Cl)c45)C(F)=CC23)C[C@@H]1CC#N. The first kappa shape index (κ1) is 33.3. The van der Waals surface area contributed by atoms with Crippen LogP contribution in [-0.2, 0) is 9.53 Å². The van der Waals surface area contributed by atoms with Crippen LogP contribution in [0.2, 0.25) is 5.02 Å². The Morgan fingerprint density at radius 1 is 1.12 bits per heavy atom. The molecule has 0 spiro atoms. The fraction of sp³-hybridized carbons (Fsp3) is 0.389. The number of piperazine rings is 1. The first-order valence-electron chi connectivity index (χ1n) is 15.9. The van der Waals surface area contributed by atoms with E-state index >= 15 is 4.39 Å². The van der Waals surface area contributed by atoms with Gasteiger partial charge in [-0.2, -0.15) is 10.5 Å². The average molecular weight is 675 g/mol. The number of carbonyl (C=O) groups excluding carboxylic acids is 1. The fourth-order valence-electron chi connectivity index (χ4n) is 7.25. The van der Waals surface area contributed by atoms with Crippen molar-refractivity contribution in [1.29, 1.82) is 10.5 Å². The molecule has 8 nitrogen and oxygen atoms in total. The van der Waals surface area contributed by atoms with Gasteiger partial charge in [0.15, 0.2) is 5.83 Å². The van der Waals surface area contributed by atoms with Crippen molar-refractivity contribution in [3.8, 4) is 12.1 Å². The number of benzene rings is 2. The molecule has 3 heterocycles. The monoisotopic (exact) mass is 674 g/mol. The van der Waals surface area contributed by atoms with E-state index in [0.717, 1.165) is 19.4 Å². The lowest BCUT2D eigenvalue weighted by atomic mass is 9.81. The molecular formula is C36H34ClF3N6O2. The van der Waals surface area contributed by atoms with Crippen molar-refractivity contribution in [2.75, 3.05) is 39.8 Å². The summed E-state index contributed by atoms with van der Waals surface area (Å²) in [6.07, 6.45) is 4.97. The molecule has 6 rings (SSSR count). The third kappa shape index (κ3) is 6.21. The number of ether oxygens (including phenoxy) is 1. The number of allylic oxidation sites excluding steroid dienone is 2. The summed E-state index contributed by atoms with van der Waals surface area (Å²) in [7, 11) is 2.03. The molecule has 2 unspecified atom stereocenters. The second-order valence-corrected chi connectivity index (χ2v) is 12.8. The van der Waals surface area contributed by atoms with Crippen molar-refractivity contribution in [2.24, 2.45) is 10.9 Å². The molecule has 2 aromatic rings. The minimum atomic E-state index is -1.11. The highest BCUT2D eigenvalue weighted by atomic mass is 35.5. The van der Waals surface area contributed by atoms with Gasteiger partial charge in [0.2, 0.25) is 5.90 Å². The van der Waals surface area contributed by atoms with E-state index in [2.05, 4.69) is 23.6 Å². The number of rotatable bonds is 7. The van der Waals surface area contributed by atoms with Crippen LogP contribution in [-0.4, -0.2) is 84.5 Å². The summed E-state index contributed by atoms with van der Waals surface area (Å²) in [6, 6.07) is 11.2. The lowest BCUT2D eigenvalue weighted by Gasteiger charge is -2.46. The summed E-state index contributed by atoms with van der Waals surface area (Å²) < 4.78 is 51.3. The van der Waals surface area contributed by atoms with Gasteiger partial charge in [0.25, 0.3) is 5.91 Å². The Kier molecular flexibility index (Phi) is 9.63. The third-order valence-electron chi connectivity index (χ3n) is 9.65. The van der Waals surface area contributed by atoms with Gasteiger partial charge in [-0.25, -0.2) is 18.2 Å². The molecule has 0 radical (unpaired) electrons. The Hall–Kier alpha value is -4.58. The number of nitrogens with zero attached hydrogens (tertiary/aromatic N) is 6. The van der Waals surface area contributed by atoms with Crippen molar-refractivity contribution in [3.05, 3.63) is 88.4 Å². The first-order valence-corrected chi connectivity index (χ1v) is 16.3. The average Bonchev–Trinajstić information content (AvgIpc) is 3.49. The molecule has 4 atom stereocenters. The largest absolute Gasteiger partial charge is 0.476 e. The molecule has 1 aliphatic carbocycles. The van der Waals surface area contributed by atoms with E-state index in [9.17, 15) is 24.1 Å². The number of likely N-dealkylation sites (N-methyl/N-ethyl adjacent to an activating group) is 1. The van der Waals surface area contributed by atoms with E-state index in [1.165, 1.54) is 17.0 Å². The zero-order chi connectivity index (χ0) is 34.1. The predicted octanol–water partition coefficient (Wildman–Crippen LogP) is 6.47. The van der Waals surface area contributed by atoms with Gasteiger partial charge in [-0.3, -0.25) is 4.79 Å². The van der Waals surface area contributed by atoms with E-state index in [4.69, 9.17) is 21.3 Å². The smallest absolute Gasteiger partial charge is 0.282 e. The number of fused-ring (bicyclic) bond motifs is 2. The number of dihydropyridines is 1. The van der Waals surface area contributed by atoms with Crippen molar-refractivity contribution >= 4 is 39.8 Å². The van der Waals surface area contributed by atoms with Crippen LogP contribution >= 0.6 is 11.6 Å². The lowest BCUT2D eigenvalue weighted by Crippen LogP contribution is -2.56. The van der Waals surface area contributed by atoms with Crippen LogP contribution < -0.4 is 0 Å². The van der Waals surface area contributed by atoms with E-state index in [1.54, 1.807) is 30.3 Å². The minimum absolute atomic E-state index is 0.0669. The molecule has 2 aromatic carbocycles. The summed E-state index contributed by atoms with van der Waals surface area (Å²) in [5, 5.41) is 20.5. The van der Waals surface area contributed by atoms with Crippen LogP contribution in [0.1, 0.15) is 31.2 Å². The second kappa shape index (κ2) is 13.9. The van der Waals surface area contributed by atoms with Gasteiger partial charge in [0.1, 0.15) is 18.3 Å². The van der Waals surface area contributed by atoms with Crippen molar-refractivity contribution < 1.29 is 22.7 Å². The maximum absolute atomic E-state index is 16.4. The topological polar surface area (TPSA) is 96.0 Å². The lowest BCUT2D eigenvalue weighted by molar-refractivity contribution is -0.133. The van der Waals surface area contributed by atoms with E-state index in [0.29, 0.717) is 34.2 Å². The first-order chi connectivity index (χ1) is 23.1. The summed E-state index contributed by atoms with van der Waals surface area (Å²) >= 11 is 6.43. The van der Waals surface area contributed by atoms with Gasteiger partial charge in [0.05, 0.1) is 42.1 Å². The van der Waals surface area contributed by atoms with Gasteiger partial charge < -0.3 is 19.4 Å². The van der Waals surface area contributed by atoms with Crippen LogP contribution in [0.5, 0.6) is 0 Å². The standard InChI is InChI=1S/C36H34ClF3N6O2/c1-21(38)36(47)46-16-15-45(19-23(46)10-12-41)34-26(11-13-42)35(48-20-24-6-4-14-44(24)2)43-31-18-27(30(40)17-28(31)34)25-7-3-5-22-8-9-29(39)33(37)32(22)25/h3,5,7-9,17-18,23-24,28,31H,1,4,6,10-11,14-16,19-20H2,2H3/t23-,24-,28?,31?/m0/s1. The van der Waals surface area contributed by atoms with Gasteiger partial charge in [-0.1, -0.05) is 42.4 Å². The number of likely N-dealkylation sites (tertiary alicyclic amines) is 1. The molecule has 0 N–H and O–H groups in total. The molecule has 12 heteroatoms. The molecule has 2 saturated heterocycles. The molecule has 2 fully saturated rings. The molecule has 0 saturated carbocycles. The number of amides is 1. The summed E-state index contributed by atoms with van der Waals surface area (Å²) in [5.74, 6) is -3.57. The highest BCUT2D eigenvalue weighted by Crippen LogP contribution is 2.44. The molecule has 0 bridgehead atoms. The summed E-state index contributed by atoms with van der Waals surface area (Å²) in [5.41, 5.74) is 1.72. The van der Waals surface area contributed by atoms with Crippen molar-refractivity contribution in [1.82, 2.24) is 14.7 Å². The molecule has 4 aliphatic rings.